The van der Waals surface area contributed by atoms with E-state index in [0.29, 0.717) is 18.7 Å². The van der Waals surface area contributed by atoms with Gasteiger partial charge in [-0.05, 0) is 25.0 Å². The number of hydrogen-bond acceptors (Lipinski definition) is 3. The molecule has 0 aliphatic rings. The van der Waals surface area contributed by atoms with E-state index in [4.69, 9.17) is 29.6 Å². The van der Waals surface area contributed by atoms with Gasteiger partial charge in [-0.1, -0.05) is 43.7 Å². The van der Waals surface area contributed by atoms with Crippen LogP contribution >= 0.6 is 23.8 Å². The number of halogens is 1. The van der Waals surface area contributed by atoms with Gasteiger partial charge in [-0.15, -0.1) is 0 Å². The fraction of sp³-hybridized carbons (Fsp3) is 0.462. The Labute approximate surface area is 131 Å². The maximum absolute atomic E-state index is 12.7. The lowest BCUT2D eigenvalue weighted by molar-refractivity contribution is 0.410. The lowest BCUT2D eigenvalue weighted by Gasteiger charge is -2.22. The van der Waals surface area contributed by atoms with Crippen molar-refractivity contribution >= 4 is 38.8 Å². The van der Waals surface area contributed by atoms with Gasteiger partial charge in [-0.3, -0.25) is 0 Å². The molecule has 20 heavy (non-hydrogen) atoms. The summed E-state index contributed by atoms with van der Waals surface area (Å²) in [6, 6.07) is 4.57. The minimum absolute atomic E-state index is 0.0615. The second-order valence-corrected chi connectivity index (χ2v) is 7.17. The summed E-state index contributed by atoms with van der Waals surface area (Å²) in [6.07, 6.45) is 1.48. The summed E-state index contributed by atoms with van der Waals surface area (Å²) in [4.78, 5) is 0.210. The highest BCUT2D eigenvalue weighted by Crippen LogP contribution is 2.26. The summed E-state index contributed by atoms with van der Waals surface area (Å²) in [5.41, 5.74) is 6.05. The molecule has 1 aromatic carbocycles. The van der Waals surface area contributed by atoms with Crippen LogP contribution in [0, 0.1) is 0 Å². The summed E-state index contributed by atoms with van der Waals surface area (Å²) < 4.78 is 26.8. The van der Waals surface area contributed by atoms with Crippen LogP contribution in [0.3, 0.4) is 0 Å². The molecule has 1 rings (SSSR count). The van der Waals surface area contributed by atoms with Crippen LogP contribution in [0.4, 0.5) is 0 Å². The van der Waals surface area contributed by atoms with Crippen molar-refractivity contribution in [1.82, 2.24) is 4.31 Å². The molecule has 0 amide bonds. The molecule has 0 atom stereocenters. The third-order valence-electron chi connectivity index (χ3n) is 2.78. The number of thiocarbonyl (C=S) groups is 1. The molecule has 7 heteroatoms. The lowest BCUT2D eigenvalue weighted by Crippen LogP contribution is -2.33. The van der Waals surface area contributed by atoms with Crippen LogP contribution in [0.1, 0.15) is 32.3 Å². The SMILES string of the molecule is CCCN(CCC)S(=O)(=O)c1cc(C(N)=S)ccc1Cl. The van der Waals surface area contributed by atoms with Gasteiger partial charge in [-0.2, -0.15) is 4.31 Å². The Morgan fingerprint density at radius 3 is 2.30 bits per heavy atom. The van der Waals surface area contributed by atoms with Gasteiger partial charge in [-0.25, -0.2) is 8.42 Å². The summed E-state index contributed by atoms with van der Waals surface area (Å²) in [6.45, 7) is 4.80. The van der Waals surface area contributed by atoms with Gasteiger partial charge in [0.25, 0.3) is 0 Å². The van der Waals surface area contributed by atoms with Crippen molar-refractivity contribution < 1.29 is 8.42 Å². The second-order valence-electron chi connectivity index (χ2n) is 4.41. The van der Waals surface area contributed by atoms with E-state index in [2.05, 4.69) is 0 Å². The number of nitrogens with zero attached hydrogens (tertiary/aromatic N) is 1. The Kier molecular flexibility index (Phi) is 6.39. The van der Waals surface area contributed by atoms with Gasteiger partial charge >= 0.3 is 0 Å². The Morgan fingerprint density at radius 1 is 1.30 bits per heavy atom. The molecule has 0 heterocycles. The van der Waals surface area contributed by atoms with Gasteiger partial charge < -0.3 is 5.73 Å². The fourth-order valence-corrected chi connectivity index (χ4v) is 4.10. The Hall–Kier alpha value is -0.690. The Balaban J connectivity index is 3.32. The molecule has 0 saturated heterocycles. The number of hydrogen-bond donors (Lipinski definition) is 1. The molecule has 2 N–H and O–H groups in total. The minimum Gasteiger partial charge on any atom is -0.389 e. The van der Waals surface area contributed by atoms with Gasteiger partial charge in [0.2, 0.25) is 10.0 Å². The zero-order valence-corrected chi connectivity index (χ0v) is 14.0. The quantitative estimate of drug-likeness (QED) is 0.779. The van der Waals surface area contributed by atoms with Gasteiger partial charge in [0, 0.05) is 18.7 Å². The van der Waals surface area contributed by atoms with Crippen LogP contribution in [-0.2, 0) is 10.0 Å². The molecule has 0 spiro atoms. The molecule has 0 bridgehead atoms. The first-order valence-corrected chi connectivity index (χ1v) is 8.66. The van der Waals surface area contributed by atoms with E-state index in [-0.39, 0.29) is 14.9 Å². The molecule has 1 aromatic rings. The summed E-state index contributed by atoms with van der Waals surface area (Å²) in [7, 11) is -3.63. The van der Waals surface area contributed by atoms with E-state index >= 15 is 0 Å². The predicted molar refractivity (Wildman–Crippen MR) is 86.7 cm³/mol. The molecule has 112 valence electrons. The molecular weight excluding hydrogens is 316 g/mol. The predicted octanol–water partition coefficient (Wildman–Crippen LogP) is 2.78. The highest BCUT2D eigenvalue weighted by molar-refractivity contribution is 7.89. The number of nitrogens with two attached hydrogens (primary N) is 1. The molecule has 0 radical (unpaired) electrons. The first-order valence-electron chi connectivity index (χ1n) is 6.44. The molecule has 0 aromatic heterocycles. The fourth-order valence-electron chi connectivity index (χ4n) is 1.84. The molecule has 0 unspecified atom stereocenters. The standard InChI is InChI=1S/C13H19ClN2O2S2/c1-3-7-16(8-4-2)20(17,18)12-9-10(13(15)19)5-6-11(12)14/h5-6,9H,3-4,7-8H2,1-2H3,(H2,15,19). The average Bonchev–Trinajstić information content (AvgIpc) is 2.38. The van der Waals surface area contributed by atoms with E-state index < -0.39 is 10.0 Å². The van der Waals surface area contributed by atoms with E-state index in [1.807, 2.05) is 13.8 Å². The van der Waals surface area contributed by atoms with Crippen LogP contribution in [0.2, 0.25) is 5.02 Å². The normalized spacial score (nSPS) is 11.8. The van der Waals surface area contributed by atoms with E-state index in [1.165, 1.54) is 16.4 Å². The van der Waals surface area contributed by atoms with E-state index in [1.54, 1.807) is 6.07 Å². The number of sulfonamides is 1. The summed E-state index contributed by atoms with van der Waals surface area (Å²) in [5, 5.41) is 0.183. The van der Waals surface area contributed by atoms with Crippen LogP contribution in [-0.4, -0.2) is 30.8 Å². The lowest BCUT2D eigenvalue weighted by atomic mass is 10.2. The van der Waals surface area contributed by atoms with E-state index in [9.17, 15) is 8.42 Å². The van der Waals surface area contributed by atoms with Crippen LogP contribution in [0.5, 0.6) is 0 Å². The monoisotopic (exact) mass is 334 g/mol. The summed E-state index contributed by atoms with van der Waals surface area (Å²) >= 11 is 10.9. The second kappa shape index (κ2) is 7.36. The van der Waals surface area contributed by atoms with Crippen molar-refractivity contribution in [2.75, 3.05) is 13.1 Å². The molecule has 0 aliphatic heterocycles. The Morgan fingerprint density at radius 2 is 1.85 bits per heavy atom. The third-order valence-corrected chi connectivity index (χ3v) is 5.40. The Bertz CT molecular complexity index is 582. The minimum atomic E-state index is -3.63. The zero-order chi connectivity index (χ0) is 15.3. The van der Waals surface area contributed by atoms with Crippen molar-refractivity contribution in [3.05, 3.63) is 28.8 Å². The topological polar surface area (TPSA) is 63.4 Å². The molecule has 0 saturated carbocycles. The van der Waals surface area contributed by atoms with E-state index in [0.717, 1.165) is 12.8 Å². The first-order chi connectivity index (χ1) is 9.34. The van der Waals surface area contributed by atoms with Crippen LogP contribution in [0.15, 0.2) is 23.1 Å². The van der Waals surface area contributed by atoms with Crippen molar-refractivity contribution in [1.29, 1.82) is 0 Å². The maximum Gasteiger partial charge on any atom is 0.244 e. The van der Waals surface area contributed by atoms with Crippen molar-refractivity contribution in [2.24, 2.45) is 5.73 Å². The average molecular weight is 335 g/mol. The molecule has 0 aliphatic carbocycles. The van der Waals surface area contributed by atoms with Crippen molar-refractivity contribution in [2.45, 2.75) is 31.6 Å². The smallest absolute Gasteiger partial charge is 0.244 e. The van der Waals surface area contributed by atoms with Crippen LogP contribution in [0.25, 0.3) is 0 Å². The van der Waals surface area contributed by atoms with Crippen molar-refractivity contribution in [3.63, 3.8) is 0 Å². The zero-order valence-electron chi connectivity index (χ0n) is 11.6. The first kappa shape index (κ1) is 17.4. The molecular formula is C13H19ClN2O2S2. The van der Waals surface area contributed by atoms with Crippen molar-refractivity contribution in [3.8, 4) is 0 Å². The summed E-state index contributed by atoms with van der Waals surface area (Å²) in [5.74, 6) is 0. The van der Waals surface area contributed by atoms with Gasteiger partial charge in [0.1, 0.15) is 9.88 Å². The highest BCUT2D eigenvalue weighted by Gasteiger charge is 2.26. The number of benzene rings is 1. The largest absolute Gasteiger partial charge is 0.389 e. The maximum atomic E-state index is 12.7. The molecule has 0 fully saturated rings. The van der Waals surface area contributed by atoms with Gasteiger partial charge in [0.15, 0.2) is 0 Å². The number of rotatable bonds is 7. The third kappa shape index (κ3) is 3.91. The highest BCUT2D eigenvalue weighted by atomic mass is 35.5. The molecule has 4 nitrogen and oxygen atoms in total. The van der Waals surface area contributed by atoms with Crippen LogP contribution < -0.4 is 5.73 Å². The van der Waals surface area contributed by atoms with Gasteiger partial charge in [0.05, 0.1) is 5.02 Å².